The Hall–Kier alpha value is -2.93. The van der Waals surface area contributed by atoms with E-state index in [1.807, 2.05) is 30.3 Å². The molecule has 0 bridgehead atoms. The van der Waals surface area contributed by atoms with E-state index in [0.717, 1.165) is 16.9 Å². The van der Waals surface area contributed by atoms with Crippen LogP contribution in [0.25, 0.3) is 5.00 Å². The number of carboxylic acids is 1. The van der Waals surface area contributed by atoms with Crippen molar-refractivity contribution in [2.75, 3.05) is 0 Å². The van der Waals surface area contributed by atoms with Gasteiger partial charge < -0.3 is 5.11 Å². The summed E-state index contributed by atoms with van der Waals surface area (Å²) in [7, 11) is -4.05. The molecule has 4 rings (SSSR count). The van der Waals surface area contributed by atoms with Crippen molar-refractivity contribution in [2.45, 2.75) is 22.6 Å². The third-order valence-electron chi connectivity index (χ3n) is 5.22. The zero-order valence-electron chi connectivity index (χ0n) is 15.3. The maximum atomic E-state index is 13.0. The van der Waals surface area contributed by atoms with Crippen molar-refractivity contribution in [3.8, 4) is 17.3 Å². The van der Waals surface area contributed by atoms with Crippen LogP contribution in [-0.4, -0.2) is 34.8 Å². The van der Waals surface area contributed by atoms with Crippen LogP contribution in [0.1, 0.15) is 24.0 Å². The van der Waals surface area contributed by atoms with Crippen molar-refractivity contribution in [1.29, 1.82) is 0 Å². The lowest BCUT2D eigenvalue weighted by molar-refractivity contribution is -0.140. The molecule has 148 valence electrons. The van der Waals surface area contributed by atoms with E-state index in [4.69, 9.17) is 6.42 Å². The second kappa shape index (κ2) is 6.84. The lowest BCUT2D eigenvalue weighted by Crippen LogP contribution is -2.45. The molecule has 1 unspecified atom stereocenters. The first-order chi connectivity index (χ1) is 13.8. The second-order valence-electron chi connectivity index (χ2n) is 6.87. The maximum Gasteiger partial charge on any atom is 0.325 e. The van der Waals surface area contributed by atoms with Crippen molar-refractivity contribution in [1.82, 2.24) is 14.5 Å². The Labute approximate surface area is 172 Å². The summed E-state index contributed by atoms with van der Waals surface area (Å²) in [6.07, 6.45) is 8.45. The Kier molecular flexibility index (Phi) is 4.58. The molecule has 1 aromatic carbocycles. The number of nitrogens with one attached hydrogen (secondary N) is 1. The molecule has 0 aliphatic heterocycles. The van der Waals surface area contributed by atoms with Gasteiger partial charge in [-0.15, -0.1) is 17.8 Å². The molecule has 1 aliphatic rings. The van der Waals surface area contributed by atoms with E-state index in [1.165, 1.54) is 16.9 Å². The third-order valence-corrected chi connectivity index (χ3v) is 8.27. The lowest BCUT2D eigenvalue weighted by atomic mass is 10.1. The number of rotatable bonds is 6. The highest BCUT2D eigenvalue weighted by Crippen LogP contribution is 2.58. The molecule has 0 amide bonds. The molecule has 2 aromatic heterocycles. The third kappa shape index (κ3) is 3.15. The molecule has 9 heteroatoms. The van der Waals surface area contributed by atoms with E-state index in [1.54, 1.807) is 19.2 Å². The van der Waals surface area contributed by atoms with Crippen LogP contribution in [0.15, 0.2) is 59.1 Å². The van der Waals surface area contributed by atoms with Crippen LogP contribution in [0, 0.1) is 18.3 Å². The Morgan fingerprint density at radius 1 is 1.31 bits per heavy atom. The summed E-state index contributed by atoms with van der Waals surface area (Å²) < 4.78 is 29.9. The Morgan fingerprint density at radius 2 is 2.03 bits per heavy atom. The quantitative estimate of drug-likeness (QED) is 0.589. The molecule has 1 saturated carbocycles. The summed E-state index contributed by atoms with van der Waals surface area (Å²) in [6, 6.07) is 12.1. The van der Waals surface area contributed by atoms with Gasteiger partial charge >= 0.3 is 5.97 Å². The van der Waals surface area contributed by atoms with E-state index >= 15 is 0 Å². The molecule has 3 aromatic rings. The predicted octanol–water partition coefficient (Wildman–Crippen LogP) is 2.45. The summed E-state index contributed by atoms with van der Waals surface area (Å²) in [5.41, 5.74) is -0.217. The van der Waals surface area contributed by atoms with Crippen LogP contribution in [0.3, 0.4) is 0 Å². The molecular formula is C20H17N3O4S2. The molecular weight excluding hydrogens is 410 g/mol. The maximum absolute atomic E-state index is 13.0. The Balaban J connectivity index is 1.64. The Morgan fingerprint density at radius 3 is 2.66 bits per heavy atom. The summed E-state index contributed by atoms with van der Waals surface area (Å²) in [6.45, 7) is 1.74. The van der Waals surface area contributed by atoms with Gasteiger partial charge in [-0.2, -0.15) is 9.82 Å². The minimum Gasteiger partial charge on any atom is -0.480 e. The molecule has 3 atom stereocenters. The molecule has 0 radical (unpaired) electrons. The lowest BCUT2D eigenvalue weighted by Gasteiger charge is -2.15. The van der Waals surface area contributed by atoms with Gasteiger partial charge in [0, 0.05) is 12.1 Å². The van der Waals surface area contributed by atoms with Crippen molar-refractivity contribution in [2.24, 2.45) is 5.92 Å². The van der Waals surface area contributed by atoms with Crippen LogP contribution in [0.4, 0.5) is 0 Å². The monoisotopic (exact) mass is 427 g/mol. The van der Waals surface area contributed by atoms with Gasteiger partial charge in [-0.25, -0.2) is 13.1 Å². The smallest absolute Gasteiger partial charge is 0.325 e. The van der Waals surface area contributed by atoms with Gasteiger partial charge in [-0.3, -0.25) is 4.79 Å². The number of nitrogens with zero attached hydrogens (tertiary/aromatic N) is 2. The van der Waals surface area contributed by atoms with Crippen molar-refractivity contribution >= 4 is 27.3 Å². The van der Waals surface area contributed by atoms with Gasteiger partial charge in [0.1, 0.15) is 14.7 Å². The number of aromatic nitrogens is 2. The molecule has 0 spiro atoms. The molecule has 29 heavy (non-hydrogen) atoms. The first-order valence-corrected chi connectivity index (χ1v) is 11.0. The summed E-state index contributed by atoms with van der Waals surface area (Å²) >= 11 is 0.984. The zero-order chi connectivity index (χ0) is 20.8. The van der Waals surface area contributed by atoms with Crippen LogP contribution < -0.4 is 4.72 Å². The zero-order valence-corrected chi connectivity index (χ0v) is 16.9. The average Bonchev–Trinajstić information content (AvgIpc) is 3.13. The fraction of sp³-hybridized carbons (Fsp3) is 0.200. The average molecular weight is 428 g/mol. The van der Waals surface area contributed by atoms with Crippen molar-refractivity contribution in [3.63, 3.8) is 0 Å². The topological polar surface area (TPSA) is 101 Å². The van der Waals surface area contributed by atoms with E-state index in [-0.39, 0.29) is 10.1 Å². The number of sulfonamides is 1. The van der Waals surface area contributed by atoms with Gasteiger partial charge in [0.2, 0.25) is 0 Å². The minimum absolute atomic E-state index is 0.0109. The number of benzene rings is 1. The predicted molar refractivity (Wildman–Crippen MR) is 108 cm³/mol. The van der Waals surface area contributed by atoms with Gasteiger partial charge in [0.15, 0.2) is 0 Å². The molecule has 0 saturated heterocycles. The normalized spacial score (nSPS) is 23.4. The van der Waals surface area contributed by atoms with Crippen LogP contribution in [0.5, 0.6) is 0 Å². The molecule has 1 aliphatic carbocycles. The molecule has 2 heterocycles. The van der Waals surface area contributed by atoms with Crippen LogP contribution in [-0.2, 0) is 14.8 Å². The van der Waals surface area contributed by atoms with Gasteiger partial charge in [0.25, 0.3) is 10.0 Å². The molecule has 1 fully saturated rings. The van der Waals surface area contributed by atoms with Crippen molar-refractivity contribution in [3.05, 3.63) is 66.0 Å². The molecule has 7 nitrogen and oxygen atoms in total. The van der Waals surface area contributed by atoms with Crippen molar-refractivity contribution < 1.29 is 18.3 Å². The van der Waals surface area contributed by atoms with Crippen LogP contribution >= 0.6 is 11.3 Å². The first-order valence-electron chi connectivity index (χ1n) is 8.73. The number of terminal acetylenes is 1. The molecule has 2 N–H and O–H groups in total. The first kappa shape index (κ1) is 19.4. The van der Waals surface area contributed by atoms with E-state index in [2.05, 4.69) is 15.7 Å². The number of hydrogen-bond acceptors (Lipinski definition) is 5. The number of hydrogen-bond donors (Lipinski definition) is 2. The highest BCUT2D eigenvalue weighted by atomic mass is 32.2. The second-order valence-corrected chi connectivity index (χ2v) is 9.84. The highest BCUT2D eigenvalue weighted by Gasteiger charge is 2.70. The number of thiophene rings is 1. The van der Waals surface area contributed by atoms with Gasteiger partial charge in [-0.1, -0.05) is 43.2 Å². The highest BCUT2D eigenvalue weighted by molar-refractivity contribution is 7.91. The largest absolute Gasteiger partial charge is 0.480 e. The summed E-state index contributed by atoms with van der Waals surface area (Å²) in [5, 5.41) is 14.5. The SMILES string of the molecule is C#Cc1cnn(-c2ccc(S(=O)(=O)N[C@]3(C(=O)O)C(c4ccccc4)[C@@H]3C)s2)c1. The van der Waals surface area contributed by atoms with E-state index < -0.39 is 27.4 Å². The van der Waals surface area contributed by atoms with E-state index in [9.17, 15) is 18.3 Å². The van der Waals surface area contributed by atoms with Gasteiger partial charge in [0.05, 0.1) is 11.8 Å². The van der Waals surface area contributed by atoms with Gasteiger partial charge in [-0.05, 0) is 23.6 Å². The summed E-state index contributed by atoms with van der Waals surface area (Å²) in [4.78, 5) is 12.1. The van der Waals surface area contributed by atoms with Crippen LogP contribution in [0.2, 0.25) is 0 Å². The fourth-order valence-electron chi connectivity index (χ4n) is 3.67. The summed E-state index contributed by atoms with van der Waals surface area (Å²) in [5.74, 6) is 0.434. The number of aliphatic carboxylic acids is 1. The standard InChI is InChI=1S/C20H17N3O4S2/c1-3-14-11-21-23(12-14)16-9-10-17(28-16)29(26,27)22-20(19(24)25)13(2)18(20)15-7-5-4-6-8-15/h1,4-13,18,22H,2H3,(H,24,25)/t13-,18?,20-/m0/s1. The minimum atomic E-state index is -4.05. The fourth-order valence-corrected chi connectivity index (χ4v) is 6.35. The van der Waals surface area contributed by atoms with E-state index in [0.29, 0.717) is 10.6 Å². The number of carboxylic acid groups (broad SMARTS) is 1. The number of carbonyl (C=O) groups is 1. The Bertz CT molecular complexity index is 1220.